The quantitative estimate of drug-likeness (QED) is 0.414. The summed E-state index contributed by atoms with van der Waals surface area (Å²) in [7, 11) is 3.69. The minimum Gasteiger partial charge on any atom is -0.496 e. The van der Waals surface area contributed by atoms with Crippen LogP contribution in [0.15, 0.2) is 42.6 Å². The van der Waals surface area contributed by atoms with Gasteiger partial charge in [0.15, 0.2) is 0 Å². The predicted molar refractivity (Wildman–Crippen MR) is 137 cm³/mol. The summed E-state index contributed by atoms with van der Waals surface area (Å²) < 4.78 is 19.4. The molecule has 3 heterocycles. The van der Waals surface area contributed by atoms with Gasteiger partial charge in [-0.2, -0.15) is 4.98 Å². The van der Waals surface area contributed by atoms with E-state index in [9.17, 15) is 5.11 Å². The molecule has 0 radical (unpaired) electrons. The Morgan fingerprint density at radius 2 is 1.97 bits per heavy atom. The van der Waals surface area contributed by atoms with E-state index in [0.29, 0.717) is 41.2 Å². The maximum Gasteiger partial charge on any atom is 0.337 e. The first-order chi connectivity index (χ1) is 17.2. The van der Waals surface area contributed by atoms with E-state index in [4.69, 9.17) is 14.2 Å². The Morgan fingerprint density at radius 3 is 2.69 bits per heavy atom. The van der Waals surface area contributed by atoms with E-state index in [1.165, 1.54) is 0 Å². The Labute approximate surface area is 210 Å². The van der Waals surface area contributed by atoms with Crippen molar-refractivity contribution in [1.82, 2.24) is 24.5 Å². The number of fused-ring (bicyclic) bond motifs is 2. The zero-order valence-corrected chi connectivity index (χ0v) is 21.4. The number of hydrogen-bond acceptors (Lipinski definition) is 8. The van der Waals surface area contributed by atoms with E-state index >= 15 is 0 Å². The molecular weight excluding hydrogens is 458 g/mol. The van der Waals surface area contributed by atoms with Gasteiger partial charge in [-0.25, -0.2) is 9.50 Å². The molecule has 0 amide bonds. The highest BCUT2D eigenvalue weighted by Crippen LogP contribution is 2.37. The molecule has 0 bridgehead atoms. The number of imidazole rings is 1. The van der Waals surface area contributed by atoms with Gasteiger partial charge in [0, 0.05) is 11.6 Å². The van der Waals surface area contributed by atoms with Crippen molar-refractivity contribution in [2.45, 2.75) is 51.4 Å². The number of aliphatic hydroxyl groups excluding tert-OH is 1. The molecule has 1 saturated heterocycles. The van der Waals surface area contributed by atoms with Gasteiger partial charge in [0.25, 0.3) is 5.88 Å². The second-order valence-electron chi connectivity index (χ2n) is 10.2. The van der Waals surface area contributed by atoms with Crippen molar-refractivity contribution >= 4 is 16.4 Å². The summed E-state index contributed by atoms with van der Waals surface area (Å²) in [5.41, 5.74) is 0.998. The van der Waals surface area contributed by atoms with Crippen LogP contribution >= 0.6 is 0 Å². The zero-order valence-electron chi connectivity index (χ0n) is 21.4. The molecule has 1 fully saturated rings. The van der Waals surface area contributed by atoms with Crippen molar-refractivity contribution in [1.29, 1.82) is 0 Å². The molecule has 1 N–H and O–H groups in total. The van der Waals surface area contributed by atoms with Crippen molar-refractivity contribution in [3.8, 4) is 17.6 Å². The second-order valence-corrected chi connectivity index (χ2v) is 10.2. The number of hydrogen-bond donors (Lipinski definition) is 1. The molecule has 0 saturated carbocycles. The third-order valence-corrected chi connectivity index (χ3v) is 6.52. The average Bonchev–Trinajstić information content (AvgIpc) is 3.46. The molecule has 1 aliphatic rings. The first-order valence-corrected chi connectivity index (χ1v) is 12.3. The molecule has 2 aromatic carbocycles. The fourth-order valence-corrected chi connectivity index (χ4v) is 4.70. The highest BCUT2D eigenvalue weighted by atomic mass is 16.5. The Kier molecular flexibility index (Phi) is 6.44. The number of likely N-dealkylation sites (N-methyl/N-ethyl adjacent to an activating group) is 1. The predicted octanol–water partition coefficient (Wildman–Crippen LogP) is 4.02. The minimum absolute atomic E-state index is 0.179. The molecule has 1 aliphatic heterocycles. The molecule has 9 nitrogen and oxygen atoms in total. The van der Waals surface area contributed by atoms with E-state index in [1.807, 2.05) is 57.2 Å². The number of methoxy groups -OCH3 is 1. The summed E-state index contributed by atoms with van der Waals surface area (Å²) in [6.07, 6.45) is 2.75. The average molecular weight is 492 g/mol. The van der Waals surface area contributed by atoms with Gasteiger partial charge in [0.2, 0.25) is 5.65 Å². The lowest BCUT2D eigenvalue weighted by molar-refractivity contribution is 0.121. The van der Waals surface area contributed by atoms with E-state index < -0.39 is 11.7 Å². The van der Waals surface area contributed by atoms with Crippen LogP contribution in [-0.2, 0) is 0 Å². The van der Waals surface area contributed by atoms with Crippen molar-refractivity contribution < 1.29 is 19.3 Å². The molecule has 5 rings (SSSR count). The third kappa shape index (κ3) is 4.68. The van der Waals surface area contributed by atoms with Gasteiger partial charge in [-0.1, -0.05) is 30.3 Å². The largest absolute Gasteiger partial charge is 0.496 e. The van der Waals surface area contributed by atoms with Crippen LogP contribution in [0.4, 0.5) is 0 Å². The van der Waals surface area contributed by atoms with Gasteiger partial charge >= 0.3 is 6.01 Å². The third-order valence-electron chi connectivity index (χ3n) is 6.52. The highest BCUT2D eigenvalue weighted by molar-refractivity contribution is 5.88. The topological polar surface area (TPSA) is 94.2 Å². The number of aromatic nitrogens is 4. The van der Waals surface area contributed by atoms with Gasteiger partial charge in [-0.15, -0.1) is 5.10 Å². The van der Waals surface area contributed by atoms with E-state index in [-0.39, 0.29) is 6.01 Å². The summed E-state index contributed by atoms with van der Waals surface area (Å²) >= 11 is 0. The Balaban J connectivity index is 1.60. The summed E-state index contributed by atoms with van der Waals surface area (Å²) in [5.74, 6) is 0.882. The Morgan fingerprint density at radius 1 is 1.17 bits per heavy atom. The minimum atomic E-state index is -1.06. The fourth-order valence-electron chi connectivity index (χ4n) is 4.70. The summed E-state index contributed by atoms with van der Waals surface area (Å²) in [4.78, 5) is 11.3. The van der Waals surface area contributed by atoms with Crippen LogP contribution in [0.1, 0.15) is 51.0 Å². The van der Waals surface area contributed by atoms with Gasteiger partial charge in [0.1, 0.15) is 24.1 Å². The van der Waals surface area contributed by atoms with Gasteiger partial charge in [0.05, 0.1) is 19.0 Å². The SMILES string of the molecule is COc1ccc2ccccc2c1C(O)c1cnc2c(OC(C)(C)C)nc(OCC3CCCN3C)nn12. The van der Waals surface area contributed by atoms with Crippen LogP contribution in [0.25, 0.3) is 16.4 Å². The molecule has 2 atom stereocenters. The van der Waals surface area contributed by atoms with Crippen LogP contribution in [0, 0.1) is 0 Å². The normalized spacial score (nSPS) is 17.6. The first kappa shape index (κ1) is 24.3. The maximum atomic E-state index is 11.7. The fraction of sp³-hybridized carbons (Fsp3) is 0.444. The lowest BCUT2D eigenvalue weighted by Crippen LogP contribution is -2.31. The summed E-state index contributed by atoms with van der Waals surface area (Å²) in [6, 6.07) is 12.2. The van der Waals surface area contributed by atoms with Crippen LogP contribution in [0.2, 0.25) is 0 Å². The zero-order chi connectivity index (χ0) is 25.4. The molecule has 2 aromatic heterocycles. The highest BCUT2D eigenvalue weighted by Gasteiger charge is 2.27. The number of aliphatic hydroxyl groups is 1. The summed E-state index contributed by atoms with van der Waals surface area (Å²) in [5, 5.41) is 18.2. The molecule has 0 aliphatic carbocycles. The Bertz CT molecular complexity index is 1380. The Hall–Kier alpha value is -3.43. The smallest absolute Gasteiger partial charge is 0.337 e. The van der Waals surface area contributed by atoms with Crippen LogP contribution in [0.3, 0.4) is 0 Å². The molecular formula is C27H33N5O4. The lowest BCUT2D eigenvalue weighted by atomic mass is 9.97. The van der Waals surface area contributed by atoms with Gasteiger partial charge < -0.3 is 24.2 Å². The molecule has 36 heavy (non-hydrogen) atoms. The molecule has 4 aromatic rings. The van der Waals surface area contributed by atoms with Crippen LogP contribution < -0.4 is 14.2 Å². The van der Waals surface area contributed by atoms with Crippen LogP contribution in [-0.4, -0.2) is 68.5 Å². The molecule has 2 unspecified atom stereocenters. The number of ether oxygens (including phenoxy) is 3. The van der Waals surface area contributed by atoms with Crippen molar-refractivity contribution in [3.63, 3.8) is 0 Å². The standard InChI is InChI=1S/C27H33N5O4/c1-27(2,3)36-25-24-28-15-20(32(24)30-26(29-25)35-16-18-10-8-14-31(18)4)23(33)22-19-11-7-6-9-17(19)12-13-21(22)34-5/h6-7,9,11-13,15,18,23,33H,8,10,14,16H2,1-5H3. The molecule has 190 valence electrons. The van der Waals surface area contributed by atoms with Gasteiger partial charge in [-0.05, 0) is 64.0 Å². The second kappa shape index (κ2) is 9.55. The molecule has 9 heteroatoms. The van der Waals surface area contributed by atoms with Crippen molar-refractivity contribution in [3.05, 3.63) is 53.9 Å². The van der Waals surface area contributed by atoms with E-state index in [1.54, 1.807) is 17.8 Å². The molecule has 0 spiro atoms. The summed E-state index contributed by atoms with van der Waals surface area (Å²) in [6.45, 7) is 7.36. The first-order valence-electron chi connectivity index (χ1n) is 12.3. The monoisotopic (exact) mass is 491 g/mol. The number of rotatable bonds is 7. The van der Waals surface area contributed by atoms with Crippen molar-refractivity contribution in [2.24, 2.45) is 0 Å². The number of likely N-dealkylation sites (tertiary alicyclic amines) is 1. The van der Waals surface area contributed by atoms with E-state index in [0.717, 1.165) is 30.2 Å². The van der Waals surface area contributed by atoms with E-state index in [2.05, 4.69) is 27.0 Å². The maximum absolute atomic E-state index is 11.7. The van der Waals surface area contributed by atoms with Crippen LogP contribution in [0.5, 0.6) is 17.6 Å². The number of benzene rings is 2. The lowest BCUT2D eigenvalue weighted by Gasteiger charge is -2.22. The van der Waals surface area contributed by atoms with Gasteiger partial charge in [-0.3, -0.25) is 0 Å². The van der Waals surface area contributed by atoms with Crippen molar-refractivity contribution in [2.75, 3.05) is 27.3 Å². The number of nitrogens with zero attached hydrogens (tertiary/aromatic N) is 5.